The van der Waals surface area contributed by atoms with Crippen LogP contribution < -0.4 is 0 Å². The average Bonchev–Trinajstić information content (AvgIpc) is 2.61. The van der Waals surface area contributed by atoms with Crippen molar-refractivity contribution >= 4 is 11.6 Å². The lowest BCUT2D eigenvalue weighted by atomic mass is 10.2. The van der Waals surface area contributed by atoms with Crippen molar-refractivity contribution in [3.8, 4) is 11.4 Å². The number of aromatic nitrogens is 5. The van der Waals surface area contributed by atoms with Crippen LogP contribution >= 0.6 is 11.6 Å². The maximum Gasteiger partial charge on any atom is 0.162 e. The number of H-pyrrole nitrogens is 1. The van der Waals surface area contributed by atoms with Crippen molar-refractivity contribution in [2.75, 3.05) is 0 Å². The molecule has 0 saturated carbocycles. The largest absolute Gasteiger partial charge is 0.259 e. The van der Waals surface area contributed by atoms with Gasteiger partial charge in [-0.25, -0.2) is 4.98 Å². The molecule has 0 fully saturated rings. The molecule has 0 aliphatic heterocycles. The van der Waals surface area contributed by atoms with Gasteiger partial charge >= 0.3 is 0 Å². The molecule has 0 unspecified atom stereocenters. The van der Waals surface area contributed by atoms with Gasteiger partial charge in [-0.15, -0.1) is 5.10 Å². The van der Waals surface area contributed by atoms with Crippen LogP contribution in [0.2, 0.25) is 5.15 Å². The Kier molecular flexibility index (Phi) is 1.94. The van der Waals surface area contributed by atoms with Crippen LogP contribution in [0.15, 0.2) is 12.4 Å². The first-order valence-corrected chi connectivity index (χ1v) is 4.01. The van der Waals surface area contributed by atoms with E-state index in [0.717, 1.165) is 5.69 Å². The lowest BCUT2D eigenvalue weighted by Gasteiger charge is -1.98. The van der Waals surface area contributed by atoms with Crippen LogP contribution in [0.5, 0.6) is 0 Å². The number of hydrogen-bond donors (Lipinski definition) is 1. The van der Waals surface area contributed by atoms with E-state index in [4.69, 9.17) is 11.6 Å². The lowest BCUT2D eigenvalue weighted by molar-refractivity contribution is 0.977. The first-order chi connectivity index (χ1) is 6.27. The topological polar surface area (TPSA) is 67.3 Å². The summed E-state index contributed by atoms with van der Waals surface area (Å²) in [6.45, 7) is 1.84. The first kappa shape index (κ1) is 8.12. The van der Waals surface area contributed by atoms with E-state index in [9.17, 15) is 0 Å². The maximum atomic E-state index is 5.83. The van der Waals surface area contributed by atoms with Crippen LogP contribution in [0.1, 0.15) is 5.69 Å². The standard InChI is InChI=1S/C7H6ClN5/c1-4-2-5(6(8)12-11-4)7-9-3-10-13-7/h2-3H,1H3,(H,9,10,13). The van der Waals surface area contributed by atoms with Gasteiger partial charge in [-0.2, -0.15) is 10.2 Å². The molecule has 13 heavy (non-hydrogen) atoms. The third kappa shape index (κ3) is 1.50. The van der Waals surface area contributed by atoms with Gasteiger partial charge < -0.3 is 0 Å². The molecule has 0 aromatic carbocycles. The third-order valence-electron chi connectivity index (χ3n) is 1.54. The second kappa shape index (κ2) is 3.10. The van der Waals surface area contributed by atoms with Gasteiger partial charge in [0, 0.05) is 0 Å². The van der Waals surface area contributed by atoms with Crippen molar-refractivity contribution in [1.82, 2.24) is 25.4 Å². The van der Waals surface area contributed by atoms with Gasteiger partial charge in [0.1, 0.15) is 6.33 Å². The van der Waals surface area contributed by atoms with Gasteiger partial charge in [0.25, 0.3) is 0 Å². The Bertz CT molecular complexity index is 411. The second-order valence-corrected chi connectivity index (χ2v) is 2.88. The Morgan fingerprint density at radius 1 is 1.38 bits per heavy atom. The molecule has 1 N–H and O–H groups in total. The molecule has 2 aromatic rings. The van der Waals surface area contributed by atoms with Crippen LogP contribution in [0, 0.1) is 6.92 Å². The average molecular weight is 196 g/mol. The Balaban J connectivity index is 2.57. The van der Waals surface area contributed by atoms with E-state index < -0.39 is 0 Å². The van der Waals surface area contributed by atoms with Crippen molar-refractivity contribution in [3.05, 3.63) is 23.2 Å². The Morgan fingerprint density at radius 2 is 2.23 bits per heavy atom. The Labute approximate surface area is 79.2 Å². The van der Waals surface area contributed by atoms with Crippen molar-refractivity contribution in [2.45, 2.75) is 6.92 Å². The van der Waals surface area contributed by atoms with Crippen LogP contribution in [0.25, 0.3) is 11.4 Å². The third-order valence-corrected chi connectivity index (χ3v) is 1.82. The molecule has 0 radical (unpaired) electrons. The molecular weight excluding hydrogens is 190 g/mol. The summed E-state index contributed by atoms with van der Waals surface area (Å²) < 4.78 is 0. The van der Waals surface area contributed by atoms with E-state index in [1.807, 2.05) is 6.92 Å². The van der Waals surface area contributed by atoms with E-state index in [-0.39, 0.29) is 0 Å². The van der Waals surface area contributed by atoms with Crippen molar-refractivity contribution in [3.63, 3.8) is 0 Å². The number of rotatable bonds is 1. The maximum absolute atomic E-state index is 5.83. The summed E-state index contributed by atoms with van der Waals surface area (Å²) in [5.74, 6) is 0.600. The van der Waals surface area contributed by atoms with E-state index in [1.165, 1.54) is 6.33 Å². The smallest absolute Gasteiger partial charge is 0.162 e. The van der Waals surface area contributed by atoms with Crippen molar-refractivity contribution in [2.24, 2.45) is 0 Å². The van der Waals surface area contributed by atoms with Crippen LogP contribution in [0.4, 0.5) is 0 Å². The number of nitrogens with zero attached hydrogens (tertiary/aromatic N) is 4. The summed E-state index contributed by atoms with van der Waals surface area (Å²) in [5, 5.41) is 14.3. The number of nitrogens with one attached hydrogen (secondary N) is 1. The fourth-order valence-electron chi connectivity index (χ4n) is 0.975. The summed E-state index contributed by atoms with van der Waals surface area (Å²) in [4.78, 5) is 3.97. The molecule has 0 atom stereocenters. The second-order valence-electron chi connectivity index (χ2n) is 2.52. The zero-order valence-electron chi connectivity index (χ0n) is 6.82. The zero-order chi connectivity index (χ0) is 9.26. The van der Waals surface area contributed by atoms with E-state index in [2.05, 4.69) is 25.4 Å². The van der Waals surface area contributed by atoms with E-state index >= 15 is 0 Å². The fourth-order valence-corrected chi connectivity index (χ4v) is 1.16. The highest BCUT2D eigenvalue weighted by molar-refractivity contribution is 6.31. The summed E-state index contributed by atoms with van der Waals surface area (Å²) in [5.41, 5.74) is 1.50. The van der Waals surface area contributed by atoms with Gasteiger partial charge in [-0.1, -0.05) is 11.6 Å². The van der Waals surface area contributed by atoms with Gasteiger partial charge in [-0.05, 0) is 13.0 Å². The quantitative estimate of drug-likeness (QED) is 0.743. The minimum atomic E-state index is 0.322. The molecule has 6 heteroatoms. The number of aryl methyl sites for hydroxylation is 1. The summed E-state index contributed by atoms with van der Waals surface area (Å²) >= 11 is 5.83. The minimum Gasteiger partial charge on any atom is -0.259 e. The molecular formula is C7H6ClN5. The molecule has 0 spiro atoms. The van der Waals surface area contributed by atoms with Crippen LogP contribution in [-0.2, 0) is 0 Å². The number of aromatic amines is 1. The van der Waals surface area contributed by atoms with Gasteiger partial charge in [0.05, 0.1) is 11.3 Å². The predicted octanol–water partition coefficient (Wildman–Crippen LogP) is 1.22. The van der Waals surface area contributed by atoms with Crippen LogP contribution in [0.3, 0.4) is 0 Å². The first-order valence-electron chi connectivity index (χ1n) is 3.63. The fraction of sp³-hybridized carbons (Fsp3) is 0.143. The lowest BCUT2D eigenvalue weighted by Crippen LogP contribution is -1.91. The molecule has 66 valence electrons. The molecule has 2 rings (SSSR count). The van der Waals surface area contributed by atoms with Crippen molar-refractivity contribution in [1.29, 1.82) is 0 Å². The number of halogens is 1. The molecule has 0 aliphatic rings. The molecule has 0 bridgehead atoms. The van der Waals surface area contributed by atoms with Gasteiger partial charge in [0.2, 0.25) is 0 Å². The van der Waals surface area contributed by atoms with Gasteiger partial charge in [-0.3, -0.25) is 5.10 Å². The zero-order valence-corrected chi connectivity index (χ0v) is 7.58. The van der Waals surface area contributed by atoms with Crippen molar-refractivity contribution < 1.29 is 0 Å². The number of hydrogen-bond acceptors (Lipinski definition) is 4. The SMILES string of the molecule is Cc1cc(-c2ncn[nH]2)c(Cl)nn1. The molecule has 0 amide bonds. The summed E-state index contributed by atoms with van der Waals surface area (Å²) in [6.07, 6.45) is 1.42. The molecule has 2 aromatic heterocycles. The summed E-state index contributed by atoms with van der Waals surface area (Å²) in [6, 6.07) is 1.80. The van der Waals surface area contributed by atoms with Gasteiger partial charge in [0.15, 0.2) is 11.0 Å². The predicted molar refractivity (Wildman–Crippen MR) is 47.2 cm³/mol. The monoisotopic (exact) mass is 195 g/mol. The Hall–Kier alpha value is -1.49. The Morgan fingerprint density at radius 3 is 2.92 bits per heavy atom. The van der Waals surface area contributed by atoms with E-state index in [0.29, 0.717) is 16.5 Å². The minimum absolute atomic E-state index is 0.322. The van der Waals surface area contributed by atoms with Crippen LogP contribution in [-0.4, -0.2) is 25.4 Å². The van der Waals surface area contributed by atoms with E-state index in [1.54, 1.807) is 6.07 Å². The normalized spacial score (nSPS) is 10.3. The molecule has 5 nitrogen and oxygen atoms in total. The summed E-state index contributed by atoms with van der Waals surface area (Å²) in [7, 11) is 0. The highest BCUT2D eigenvalue weighted by atomic mass is 35.5. The molecule has 0 saturated heterocycles. The molecule has 0 aliphatic carbocycles. The highest BCUT2D eigenvalue weighted by Crippen LogP contribution is 2.21. The molecule has 2 heterocycles. The highest BCUT2D eigenvalue weighted by Gasteiger charge is 2.07.